The Morgan fingerprint density at radius 1 is 1.25 bits per heavy atom. The summed E-state index contributed by atoms with van der Waals surface area (Å²) in [4.78, 5) is 24.3. The summed E-state index contributed by atoms with van der Waals surface area (Å²) in [5, 5.41) is 12.8. The number of anilines is 1. The van der Waals surface area contributed by atoms with E-state index in [0.29, 0.717) is 5.69 Å². The number of hydrogen-bond acceptors (Lipinski definition) is 7. The van der Waals surface area contributed by atoms with Gasteiger partial charge in [0, 0.05) is 10.6 Å². The number of nitrogens with zero attached hydrogens (tertiary/aromatic N) is 2. The van der Waals surface area contributed by atoms with E-state index in [9.17, 15) is 9.59 Å². The van der Waals surface area contributed by atoms with Crippen LogP contribution >= 0.6 is 23.1 Å². The van der Waals surface area contributed by atoms with Crippen molar-refractivity contribution >= 4 is 40.8 Å². The number of ether oxygens (including phenoxy) is 1. The predicted octanol–water partition coefficient (Wildman–Crippen LogP) is 3.15. The quantitative estimate of drug-likeness (QED) is 0.844. The van der Waals surface area contributed by atoms with Crippen LogP contribution in [0.5, 0.6) is 0 Å². The zero-order chi connectivity index (χ0) is 17.6. The maximum absolute atomic E-state index is 11.8. The Morgan fingerprint density at radius 3 is 2.54 bits per heavy atom. The van der Waals surface area contributed by atoms with E-state index in [1.54, 1.807) is 38.4 Å². The fourth-order valence-electron chi connectivity index (χ4n) is 1.59. The van der Waals surface area contributed by atoms with Crippen LogP contribution < -0.4 is 10.6 Å². The van der Waals surface area contributed by atoms with E-state index in [2.05, 4.69) is 20.8 Å². The van der Waals surface area contributed by atoms with E-state index in [0.717, 1.165) is 9.24 Å². The molecule has 0 atom stereocenters. The smallest absolute Gasteiger partial charge is 0.408 e. The van der Waals surface area contributed by atoms with Crippen molar-refractivity contribution in [3.63, 3.8) is 0 Å². The maximum Gasteiger partial charge on any atom is 0.408 e. The van der Waals surface area contributed by atoms with Crippen LogP contribution in [-0.2, 0) is 9.53 Å². The molecular formula is C15H18N4O3S2. The van der Waals surface area contributed by atoms with Gasteiger partial charge in [-0.2, -0.15) is 0 Å². The topological polar surface area (TPSA) is 93.2 Å². The highest BCUT2D eigenvalue weighted by atomic mass is 32.2. The molecule has 24 heavy (non-hydrogen) atoms. The number of benzene rings is 1. The average molecular weight is 366 g/mol. The first-order valence-corrected chi connectivity index (χ1v) is 8.82. The Kier molecular flexibility index (Phi) is 6.16. The maximum atomic E-state index is 11.8. The third-order valence-electron chi connectivity index (χ3n) is 2.48. The molecule has 0 fully saturated rings. The van der Waals surface area contributed by atoms with Crippen LogP contribution in [0.15, 0.2) is 39.0 Å². The van der Waals surface area contributed by atoms with Gasteiger partial charge in [-0.15, -0.1) is 10.2 Å². The highest BCUT2D eigenvalue weighted by Crippen LogP contribution is 2.29. The lowest BCUT2D eigenvalue weighted by molar-refractivity contribution is -0.115. The van der Waals surface area contributed by atoms with Gasteiger partial charge in [-0.05, 0) is 45.0 Å². The fourth-order valence-corrected chi connectivity index (χ4v) is 3.04. The van der Waals surface area contributed by atoms with Gasteiger partial charge in [0.15, 0.2) is 4.34 Å². The standard InChI is InChI=1S/C15H18N4O3S2/c1-15(2,3)22-13(21)16-8-12(20)18-10-4-6-11(7-5-10)24-14-19-17-9-23-14/h4-7,9H,8H2,1-3H3,(H,16,21)(H,18,20). The van der Waals surface area contributed by atoms with Crippen molar-refractivity contribution < 1.29 is 14.3 Å². The Bertz CT molecular complexity index is 682. The Morgan fingerprint density at radius 2 is 1.96 bits per heavy atom. The first-order chi connectivity index (χ1) is 11.3. The van der Waals surface area contributed by atoms with Gasteiger partial charge in [-0.3, -0.25) is 4.79 Å². The lowest BCUT2D eigenvalue weighted by Gasteiger charge is -2.19. The minimum Gasteiger partial charge on any atom is -0.444 e. The van der Waals surface area contributed by atoms with Crippen molar-refractivity contribution in [1.29, 1.82) is 0 Å². The molecule has 1 aromatic carbocycles. The summed E-state index contributed by atoms with van der Waals surface area (Å²) in [5.41, 5.74) is 1.72. The number of nitrogens with one attached hydrogen (secondary N) is 2. The zero-order valence-electron chi connectivity index (χ0n) is 13.5. The number of alkyl carbamates (subject to hydrolysis) is 1. The lowest BCUT2D eigenvalue weighted by atomic mass is 10.2. The second-order valence-corrected chi connectivity index (χ2v) is 7.89. The van der Waals surface area contributed by atoms with Crippen molar-refractivity contribution in [3.8, 4) is 0 Å². The normalized spacial score (nSPS) is 11.0. The Balaban J connectivity index is 1.78. The van der Waals surface area contributed by atoms with E-state index in [1.165, 1.54) is 23.1 Å². The van der Waals surface area contributed by atoms with Crippen LogP contribution in [0.25, 0.3) is 0 Å². The molecule has 2 aromatic rings. The summed E-state index contributed by atoms with van der Waals surface area (Å²) in [5.74, 6) is -0.328. The number of amides is 2. The molecule has 0 radical (unpaired) electrons. The lowest BCUT2D eigenvalue weighted by Crippen LogP contribution is -2.37. The van der Waals surface area contributed by atoms with E-state index in [-0.39, 0.29) is 12.5 Å². The molecule has 0 saturated carbocycles. The van der Waals surface area contributed by atoms with Gasteiger partial charge in [0.25, 0.3) is 0 Å². The molecule has 0 bridgehead atoms. The minimum atomic E-state index is -0.624. The Hall–Kier alpha value is -2.13. The van der Waals surface area contributed by atoms with Crippen molar-refractivity contribution in [1.82, 2.24) is 15.5 Å². The third kappa shape index (κ3) is 6.55. The molecule has 2 N–H and O–H groups in total. The van der Waals surface area contributed by atoms with Gasteiger partial charge >= 0.3 is 6.09 Å². The predicted molar refractivity (Wildman–Crippen MR) is 93.3 cm³/mol. The van der Waals surface area contributed by atoms with Crippen molar-refractivity contribution in [2.45, 2.75) is 35.6 Å². The molecule has 128 valence electrons. The molecular weight excluding hydrogens is 348 g/mol. The van der Waals surface area contributed by atoms with Crippen LogP contribution in [0, 0.1) is 0 Å². The molecule has 0 aliphatic heterocycles. The van der Waals surface area contributed by atoms with Gasteiger partial charge in [0.2, 0.25) is 5.91 Å². The SMILES string of the molecule is CC(C)(C)OC(=O)NCC(=O)Nc1ccc(Sc2nncs2)cc1. The molecule has 9 heteroatoms. The molecule has 0 unspecified atom stereocenters. The molecule has 0 aliphatic rings. The molecule has 1 aromatic heterocycles. The largest absolute Gasteiger partial charge is 0.444 e. The van der Waals surface area contributed by atoms with Crippen LogP contribution in [0.3, 0.4) is 0 Å². The van der Waals surface area contributed by atoms with E-state index >= 15 is 0 Å². The Labute approximate surface area is 148 Å². The molecule has 0 spiro atoms. The summed E-state index contributed by atoms with van der Waals surface area (Å²) in [7, 11) is 0. The van der Waals surface area contributed by atoms with Gasteiger partial charge in [-0.25, -0.2) is 4.79 Å². The molecule has 2 rings (SSSR count). The molecule has 1 heterocycles. The zero-order valence-corrected chi connectivity index (χ0v) is 15.2. The van der Waals surface area contributed by atoms with Crippen LogP contribution in [0.2, 0.25) is 0 Å². The highest BCUT2D eigenvalue weighted by molar-refractivity contribution is 8.01. The van der Waals surface area contributed by atoms with E-state index in [4.69, 9.17) is 4.74 Å². The fraction of sp³-hybridized carbons (Fsp3) is 0.333. The van der Waals surface area contributed by atoms with Crippen LogP contribution in [0.4, 0.5) is 10.5 Å². The number of carbonyl (C=O) groups excluding carboxylic acids is 2. The molecule has 2 amide bonds. The van der Waals surface area contributed by atoms with Crippen LogP contribution in [0.1, 0.15) is 20.8 Å². The molecule has 0 aliphatic carbocycles. The molecule has 7 nitrogen and oxygen atoms in total. The third-order valence-corrected chi connectivity index (χ3v) is 4.26. The number of aromatic nitrogens is 2. The van der Waals surface area contributed by atoms with E-state index in [1.807, 2.05) is 12.1 Å². The van der Waals surface area contributed by atoms with Gasteiger partial charge < -0.3 is 15.4 Å². The van der Waals surface area contributed by atoms with Crippen molar-refractivity contribution in [2.75, 3.05) is 11.9 Å². The van der Waals surface area contributed by atoms with Crippen molar-refractivity contribution in [3.05, 3.63) is 29.8 Å². The molecule has 0 saturated heterocycles. The summed E-state index contributed by atoms with van der Waals surface area (Å²) >= 11 is 2.96. The van der Waals surface area contributed by atoms with Gasteiger partial charge in [0.1, 0.15) is 17.7 Å². The van der Waals surface area contributed by atoms with Crippen molar-refractivity contribution in [2.24, 2.45) is 0 Å². The monoisotopic (exact) mass is 366 g/mol. The average Bonchev–Trinajstić information content (AvgIpc) is 2.98. The summed E-state index contributed by atoms with van der Waals surface area (Å²) < 4.78 is 5.92. The number of hydrogen-bond donors (Lipinski definition) is 2. The minimum absolute atomic E-state index is 0.157. The number of carbonyl (C=O) groups is 2. The summed E-state index contributed by atoms with van der Waals surface area (Å²) in [6.45, 7) is 5.12. The number of rotatable bonds is 5. The first-order valence-electron chi connectivity index (χ1n) is 7.12. The van der Waals surface area contributed by atoms with Gasteiger partial charge in [-0.1, -0.05) is 23.1 Å². The van der Waals surface area contributed by atoms with Gasteiger partial charge in [0.05, 0.1) is 0 Å². The van der Waals surface area contributed by atoms with Crippen LogP contribution in [-0.4, -0.2) is 34.3 Å². The highest BCUT2D eigenvalue weighted by Gasteiger charge is 2.16. The summed E-state index contributed by atoms with van der Waals surface area (Å²) in [6.07, 6.45) is -0.624. The van der Waals surface area contributed by atoms with E-state index < -0.39 is 11.7 Å². The summed E-state index contributed by atoms with van der Waals surface area (Å²) in [6, 6.07) is 7.33. The second-order valence-electron chi connectivity index (χ2n) is 5.73. The first kappa shape index (κ1) is 18.2. The second kappa shape index (κ2) is 8.11.